The van der Waals surface area contributed by atoms with Crippen LogP contribution < -0.4 is 11.1 Å². The van der Waals surface area contributed by atoms with Gasteiger partial charge in [-0.2, -0.15) is 0 Å². The van der Waals surface area contributed by atoms with Crippen LogP contribution in [0.4, 0.5) is 5.69 Å². The number of amides is 1. The molecule has 1 atom stereocenters. The van der Waals surface area contributed by atoms with Crippen molar-refractivity contribution in [2.75, 3.05) is 25.1 Å². The van der Waals surface area contributed by atoms with Crippen LogP contribution in [0.2, 0.25) is 0 Å². The maximum atomic E-state index is 12.0. The summed E-state index contributed by atoms with van der Waals surface area (Å²) >= 11 is 8.30. The number of rotatable bonds is 3. The second kappa shape index (κ2) is 6.42. The summed E-state index contributed by atoms with van der Waals surface area (Å²) in [7, 11) is 0. The van der Waals surface area contributed by atoms with Gasteiger partial charge < -0.3 is 20.5 Å². The highest BCUT2D eigenvalue weighted by atomic mass is 79.9. The number of hydrogen-bond donors (Lipinski definition) is 2. The lowest BCUT2D eigenvalue weighted by Gasteiger charge is -2.22. The van der Waals surface area contributed by atoms with E-state index in [1.807, 2.05) is 0 Å². The van der Waals surface area contributed by atoms with Crippen LogP contribution in [0.1, 0.15) is 5.56 Å². The average molecular weight is 345 g/mol. The van der Waals surface area contributed by atoms with Crippen molar-refractivity contribution in [3.8, 4) is 0 Å². The predicted octanol–water partition coefficient (Wildman–Crippen LogP) is 1.44. The lowest BCUT2D eigenvalue weighted by molar-refractivity contribution is -0.142. The number of ether oxygens (including phenoxy) is 2. The number of halogens is 1. The van der Waals surface area contributed by atoms with Crippen molar-refractivity contribution >= 4 is 44.7 Å². The number of benzene rings is 1. The van der Waals surface area contributed by atoms with E-state index in [4.69, 9.17) is 27.4 Å². The molecule has 102 valence electrons. The van der Waals surface area contributed by atoms with Gasteiger partial charge in [-0.1, -0.05) is 28.1 Å². The van der Waals surface area contributed by atoms with Crippen LogP contribution in [-0.4, -0.2) is 36.8 Å². The Morgan fingerprint density at radius 3 is 2.89 bits per heavy atom. The fourth-order valence-corrected chi connectivity index (χ4v) is 2.21. The summed E-state index contributed by atoms with van der Waals surface area (Å²) in [4.78, 5) is 12.2. The summed E-state index contributed by atoms with van der Waals surface area (Å²) < 4.78 is 11.4. The molecule has 0 radical (unpaired) electrons. The predicted molar refractivity (Wildman–Crippen MR) is 79.2 cm³/mol. The quantitative estimate of drug-likeness (QED) is 0.811. The van der Waals surface area contributed by atoms with Gasteiger partial charge in [-0.15, -0.1) is 0 Å². The Labute approximate surface area is 124 Å². The Morgan fingerprint density at radius 2 is 2.26 bits per heavy atom. The first-order chi connectivity index (χ1) is 9.08. The topological polar surface area (TPSA) is 73.6 Å². The Kier molecular flexibility index (Phi) is 4.87. The number of thiocarbonyl (C=S) groups is 1. The van der Waals surface area contributed by atoms with Crippen molar-refractivity contribution in [2.45, 2.75) is 6.10 Å². The van der Waals surface area contributed by atoms with Crippen LogP contribution in [0, 0.1) is 0 Å². The molecule has 1 aromatic carbocycles. The van der Waals surface area contributed by atoms with Gasteiger partial charge in [0.2, 0.25) is 0 Å². The van der Waals surface area contributed by atoms with Crippen molar-refractivity contribution in [2.24, 2.45) is 5.73 Å². The van der Waals surface area contributed by atoms with Crippen LogP contribution in [-0.2, 0) is 14.3 Å². The summed E-state index contributed by atoms with van der Waals surface area (Å²) in [5.74, 6) is -0.264. The highest BCUT2D eigenvalue weighted by Gasteiger charge is 2.23. The zero-order valence-electron chi connectivity index (χ0n) is 10.0. The average Bonchev–Trinajstić information content (AvgIpc) is 2.41. The van der Waals surface area contributed by atoms with E-state index in [1.54, 1.807) is 18.2 Å². The normalized spacial score (nSPS) is 18.9. The molecular formula is C12H13BrN2O3S. The molecule has 1 aromatic rings. The second-order valence-corrected chi connectivity index (χ2v) is 5.33. The highest BCUT2D eigenvalue weighted by molar-refractivity contribution is 9.10. The first kappa shape index (κ1) is 14.4. The molecule has 2 rings (SSSR count). The first-order valence-electron chi connectivity index (χ1n) is 5.67. The Morgan fingerprint density at radius 1 is 1.47 bits per heavy atom. The van der Waals surface area contributed by atoms with Crippen molar-refractivity contribution < 1.29 is 14.3 Å². The summed E-state index contributed by atoms with van der Waals surface area (Å²) in [5, 5.41) is 2.76. The van der Waals surface area contributed by atoms with Gasteiger partial charge >= 0.3 is 0 Å². The molecule has 7 heteroatoms. The van der Waals surface area contributed by atoms with E-state index < -0.39 is 6.10 Å². The molecule has 3 N–H and O–H groups in total. The van der Waals surface area contributed by atoms with E-state index >= 15 is 0 Å². The maximum Gasteiger partial charge on any atom is 0.255 e. The van der Waals surface area contributed by atoms with Gasteiger partial charge in [-0.3, -0.25) is 4.79 Å². The van der Waals surface area contributed by atoms with Crippen molar-refractivity contribution in [1.29, 1.82) is 0 Å². The van der Waals surface area contributed by atoms with Crippen LogP contribution in [0.3, 0.4) is 0 Å². The molecule has 0 aliphatic carbocycles. The molecule has 0 spiro atoms. The van der Waals surface area contributed by atoms with Gasteiger partial charge in [0.25, 0.3) is 5.91 Å². The van der Waals surface area contributed by atoms with Crippen LogP contribution >= 0.6 is 28.1 Å². The molecule has 0 saturated carbocycles. The second-order valence-electron chi connectivity index (χ2n) is 3.98. The van der Waals surface area contributed by atoms with Gasteiger partial charge in [-0.25, -0.2) is 0 Å². The van der Waals surface area contributed by atoms with Crippen molar-refractivity contribution in [1.82, 2.24) is 0 Å². The van der Waals surface area contributed by atoms with E-state index in [0.29, 0.717) is 24.5 Å². The van der Waals surface area contributed by atoms with Crippen molar-refractivity contribution in [3.63, 3.8) is 0 Å². The fourth-order valence-electron chi connectivity index (χ4n) is 1.68. The minimum atomic E-state index is -0.600. The highest BCUT2D eigenvalue weighted by Crippen LogP contribution is 2.21. The third-order valence-electron chi connectivity index (χ3n) is 2.61. The monoisotopic (exact) mass is 344 g/mol. The van der Waals surface area contributed by atoms with E-state index in [1.165, 1.54) is 0 Å². The SMILES string of the molecule is NC(=S)c1cc(Br)ccc1NC(=O)C1COCCO1. The van der Waals surface area contributed by atoms with E-state index in [-0.39, 0.29) is 17.5 Å². The molecule has 1 amide bonds. The summed E-state index contributed by atoms with van der Waals surface area (Å²) in [6.07, 6.45) is -0.600. The number of nitrogens with two attached hydrogens (primary N) is 1. The number of nitrogens with one attached hydrogen (secondary N) is 1. The van der Waals surface area contributed by atoms with Gasteiger partial charge in [0.1, 0.15) is 4.99 Å². The first-order valence-corrected chi connectivity index (χ1v) is 6.87. The Hall–Kier alpha value is -1.02. The van der Waals surface area contributed by atoms with Crippen LogP contribution in [0.5, 0.6) is 0 Å². The molecular weight excluding hydrogens is 332 g/mol. The molecule has 0 bridgehead atoms. The van der Waals surface area contributed by atoms with Crippen LogP contribution in [0.15, 0.2) is 22.7 Å². The zero-order chi connectivity index (χ0) is 13.8. The fraction of sp³-hybridized carbons (Fsp3) is 0.333. The third kappa shape index (κ3) is 3.73. The van der Waals surface area contributed by atoms with E-state index in [2.05, 4.69) is 21.2 Å². The molecule has 1 saturated heterocycles. The van der Waals surface area contributed by atoms with E-state index in [9.17, 15) is 4.79 Å². The smallest absolute Gasteiger partial charge is 0.255 e. The van der Waals surface area contributed by atoms with Gasteiger partial charge in [0.15, 0.2) is 6.10 Å². The van der Waals surface area contributed by atoms with E-state index in [0.717, 1.165) is 4.47 Å². The minimum Gasteiger partial charge on any atom is -0.389 e. The molecule has 1 unspecified atom stereocenters. The number of carbonyl (C=O) groups is 1. The van der Waals surface area contributed by atoms with Gasteiger partial charge in [0, 0.05) is 10.0 Å². The lowest BCUT2D eigenvalue weighted by atomic mass is 10.1. The Balaban J connectivity index is 2.13. The molecule has 0 aromatic heterocycles. The summed E-state index contributed by atoms with van der Waals surface area (Å²) in [5.41, 5.74) is 6.81. The molecule has 19 heavy (non-hydrogen) atoms. The molecule has 1 aliphatic heterocycles. The summed E-state index contributed by atoms with van der Waals surface area (Å²) in [6, 6.07) is 5.30. The molecule has 1 aliphatic rings. The molecule has 1 heterocycles. The maximum absolute atomic E-state index is 12.0. The molecule has 1 fully saturated rings. The standard InChI is InChI=1S/C12H13BrN2O3S/c13-7-1-2-9(8(5-7)11(14)19)15-12(16)10-6-17-3-4-18-10/h1-2,5,10H,3-4,6H2,(H2,14,19)(H,15,16). The minimum absolute atomic E-state index is 0.220. The summed E-state index contributed by atoms with van der Waals surface area (Å²) in [6.45, 7) is 1.19. The third-order valence-corrected chi connectivity index (χ3v) is 3.33. The Bertz CT molecular complexity index is 504. The van der Waals surface area contributed by atoms with Crippen LogP contribution in [0.25, 0.3) is 0 Å². The molecule has 5 nitrogen and oxygen atoms in total. The number of hydrogen-bond acceptors (Lipinski definition) is 4. The van der Waals surface area contributed by atoms with Gasteiger partial charge in [-0.05, 0) is 18.2 Å². The van der Waals surface area contributed by atoms with Gasteiger partial charge in [0.05, 0.1) is 25.5 Å². The largest absolute Gasteiger partial charge is 0.389 e. The number of anilines is 1. The zero-order valence-corrected chi connectivity index (χ0v) is 12.4. The lowest BCUT2D eigenvalue weighted by Crippen LogP contribution is -2.39. The van der Waals surface area contributed by atoms with Crippen molar-refractivity contribution in [3.05, 3.63) is 28.2 Å². The number of carbonyl (C=O) groups excluding carboxylic acids is 1.